The maximum absolute atomic E-state index is 12.1. The predicted octanol–water partition coefficient (Wildman–Crippen LogP) is 2.45. The fraction of sp³-hybridized carbons (Fsp3) is 0.286. The molecule has 2 heterocycles. The fourth-order valence-corrected chi connectivity index (χ4v) is 3.05. The molecule has 0 aromatic carbocycles. The number of nitrogens with zero attached hydrogens (tertiary/aromatic N) is 2. The van der Waals surface area contributed by atoms with Gasteiger partial charge in [-0.25, -0.2) is 9.97 Å². The molecule has 32 heavy (non-hydrogen) atoms. The van der Waals surface area contributed by atoms with Crippen LogP contribution in [0.15, 0.2) is 47.5 Å². The minimum Gasteiger partial charge on any atom is -0.491 e. The van der Waals surface area contributed by atoms with Crippen LogP contribution in [0.4, 0.5) is 17.3 Å². The van der Waals surface area contributed by atoms with E-state index in [9.17, 15) is 9.00 Å². The summed E-state index contributed by atoms with van der Waals surface area (Å²) in [6.45, 7) is 5.16. The minimum atomic E-state index is -1.33. The lowest BCUT2D eigenvalue weighted by molar-refractivity contribution is -0.114. The largest absolute Gasteiger partial charge is 0.491 e. The molecule has 0 saturated heterocycles. The number of nitrogens with two attached hydrogens (primary N) is 2. The van der Waals surface area contributed by atoms with Crippen LogP contribution in [0.5, 0.6) is 5.75 Å². The van der Waals surface area contributed by atoms with Crippen molar-refractivity contribution in [3.05, 3.63) is 48.0 Å². The lowest BCUT2D eigenvalue weighted by Crippen LogP contribution is -2.11. The van der Waals surface area contributed by atoms with Gasteiger partial charge in [0.15, 0.2) is 5.88 Å². The van der Waals surface area contributed by atoms with Crippen molar-refractivity contribution in [3.63, 3.8) is 0 Å². The maximum atomic E-state index is 12.1. The number of methoxy groups -OCH3 is 1. The van der Waals surface area contributed by atoms with Crippen molar-refractivity contribution in [1.29, 1.82) is 0 Å². The Bertz CT molecular complexity index is 1070. The summed E-state index contributed by atoms with van der Waals surface area (Å²) in [4.78, 5) is 20.1. The Labute approximate surface area is 189 Å². The van der Waals surface area contributed by atoms with E-state index in [-0.39, 0.29) is 17.9 Å². The van der Waals surface area contributed by atoms with Crippen molar-refractivity contribution in [2.24, 2.45) is 11.5 Å². The van der Waals surface area contributed by atoms with E-state index < -0.39 is 10.8 Å². The highest BCUT2D eigenvalue weighted by molar-refractivity contribution is 7.84. The molecule has 0 aliphatic carbocycles. The molecule has 6 N–H and O–H groups in total. The summed E-state index contributed by atoms with van der Waals surface area (Å²) >= 11 is 0. The Balaban J connectivity index is 2.55. The standard InChI is InChI=1S/C21H28N6O4S/c1-12(2)31-14-8-20(27-21(9-14)32(5)29)26-17-10-19(25-13(3)28)24-11-15(17)16(22)6-7-18(23)30-4/h6-12H,22-23H2,1-5H3,(H2,24,25,26,27,28)/b16-6-,18-7+. The molecule has 1 atom stereocenters. The molecular weight excluding hydrogens is 432 g/mol. The molecule has 0 saturated carbocycles. The normalized spacial score (nSPS) is 12.9. The Kier molecular flexibility index (Phi) is 8.59. The van der Waals surface area contributed by atoms with Crippen LogP contribution in [-0.4, -0.2) is 39.6 Å². The number of carbonyl (C=O) groups is 1. The number of amides is 1. The van der Waals surface area contributed by atoms with Crippen molar-refractivity contribution >= 4 is 39.7 Å². The molecule has 172 valence electrons. The van der Waals surface area contributed by atoms with Gasteiger partial charge in [0.2, 0.25) is 5.91 Å². The predicted molar refractivity (Wildman–Crippen MR) is 126 cm³/mol. The highest BCUT2D eigenvalue weighted by atomic mass is 32.2. The highest BCUT2D eigenvalue weighted by Crippen LogP contribution is 2.29. The molecule has 1 amide bonds. The molecule has 0 bridgehead atoms. The van der Waals surface area contributed by atoms with Gasteiger partial charge < -0.3 is 31.6 Å². The molecule has 0 radical (unpaired) electrons. The van der Waals surface area contributed by atoms with Crippen molar-refractivity contribution in [3.8, 4) is 5.75 Å². The lowest BCUT2D eigenvalue weighted by Gasteiger charge is -2.16. The smallest absolute Gasteiger partial charge is 0.222 e. The monoisotopic (exact) mass is 460 g/mol. The number of allylic oxidation sites excluding steroid dienone is 2. The number of nitrogens with one attached hydrogen (secondary N) is 2. The first-order valence-electron chi connectivity index (χ1n) is 9.63. The molecule has 2 aromatic rings. The van der Waals surface area contributed by atoms with E-state index in [1.165, 1.54) is 32.6 Å². The second-order valence-corrected chi connectivity index (χ2v) is 8.29. The number of hydrogen-bond donors (Lipinski definition) is 4. The number of hydrogen-bond acceptors (Lipinski definition) is 9. The second kappa shape index (κ2) is 11.1. The summed E-state index contributed by atoms with van der Waals surface area (Å²) in [6.07, 6.45) is 6.03. The molecule has 0 spiro atoms. The summed E-state index contributed by atoms with van der Waals surface area (Å²) in [5.74, 6) is 1.12. The molecule has 10 nitrogen and oxygen atoms in total. The first-order chi connectivity index (χ1) is 15.1. The van der Waals surface area contributed by atoms with Crippen molar-refractivity contribution < 1.29 is 18.5 Å². The molecule has 0 aliphatic rings. The molecule has 1 unspecified atom stereocenters. The summed E-state index contributed by atoms with van der Waals surface area (Å²) in [5, 5.41) is 6.13. The number of anilines is 3. The van der Waals surface area contributed by atoms with Gasteiger partial charge in [0, 0.05) is 48.8 Å². The van der Waals surface area contributed by atoms with Gasteiger partial charge in [0.1, 0.15) is 22.4 Å². The van der Waals surface area contributed by atoms with Gasteiger partial charge in [0.05, 0.1) is 29.7 Å². The van der Waals surface area contributed by atoms with Crippen LogP contribution >= 0.6 is 0 Å². The molecule has 2 aromatic heterocycles. The van der Waals surface area contributed by atoms with Gasteiger partial charge in [0.25, 0.3) is 0 Å². The third-order valence-corrected chi connectivity index (χ3v) is 4.68. The molecular formula is C21H28N6O4S. The van der Waals surface area contributed by atoms with E-state index in [2.05, 4.69) is 20.6 Å². The first kappa shape index (κ1) is 24.7. The minimum absolute atomic E-state index is 0.0807. The Morgan fingerprint density at radius 3 is 2.50 bits per heavy atom. The Hall–Kier alpha value is -3.60. The fourth-order valence-electron chi connectivity index (χ4n) is 2.54. The van der Waals surface area contributed by atoms with Crippen LogP contribution in [0.25, 0.3) is 5.70 Å². The van der Waals surface area contributed by atoms with Crippen LogP contribution in [0.2, 0.25) is 0 Å². The number of aromatic nitrogens is 2. The van der Waals surface area contributed by atoms with Crippen LogP contribution < -0.4 is 26.8 Å². The third-order valence-electron chi connectivity index (χ3n) is 3.89. The summed E-state index contributed by atoms with van der Waals surface area (Å²) in [5.41, 5.74) is 13.2. The molecule has 0 aliphatic heterocycles. The Morgan fingerprint density at radius 1 is 1.19 bits per heavy atom. The van der Waals surface area contributed by atoms with Gasteiger partial charge in [-0.15, -0.1) is 0 Å². The van der Waals surface area contributed by atoms with Crippen LogP contribution in [-0.2, 0) is 20.3 Å². The Morgan fingerprint density at radius 2 is 1.91 bits per heavy atom. The van der Waals surface area contributed by atoms with Gasteiger partial charge in [-0.1, -0.05) is 0 Å². The number of pyridine rings is 2. The van der Waals surface area contributed by atoms with E-state index in [4.69, 9.17) is 20.9 Å². The van der Waals surface area contributed by atoms with Crippen molar-refractivity contribution in [2.75, 3.05) is 24.0 Å². The number of ether oxygens (including phenoxy) is 2. The van der Waals surface area contributed by atoms with Gasteiger partial charge in [-0.3, -0.25) is 9.00 Å². The van der Waals surface area contributed by atoms with E-state index >= 15 is 0 Å². The summed E-state index contributed by atoms with van der Waals surface area (Å²) in [7, 11) is 0.114. The quantitative estimate of drug-likeness (QED) is 0.326. The van der Waals surface area contributed by atoms with Gasteiger partial charge in [-0.05, 0) is 26.0 Å². The second-order valence-electron chi connectivity index (χ2n) is 6.96. The van der Waals surface area contributed by atoms with Crippen molar-refractivity contribution in [2.45, 2.75) is 31.9 Å². The van der Waals surface area contributed by atoms with Gasteiger partial charge in [-0.2, -0.15) is 0 Å². The molecule has 11 heteroatoms. The van der Waals surface area contributed by atoms with Crippen LogP contribution in [0, 0.1) is 0 Å². The van der Waals surface area contributed by atoms with Gasteiger partial charge >= 0.3 is 0 Å². The zero-order chi connectivity index (χ0) is 23.8. The average Bonchev–Trinajstić information content (AvgIpc) is 2.70. The third kappa shape index (κ3) is 7.27. The van der Waals surface area contributed by atoms with Crippen molar-refractivity contribution in [1.82, 2.24) is 9.97 Å². The van der Waals surface area contributed by atoms with E-state index in [0.29, 0.717) is 39.4 Å². The zero-order valence-corrected chi connectivity index (χ0v) is 19.4. The number of carbonyl (C=O) groups excluding carboxylic acids is 1. The summed E-state index contributed by atoms with van der Waals surface area (Å²) in [6, 6.07) is 4.92. The summed E-state index contributed by atoms with van der Waals surface area (Å²) < 4.78 is 22.7. The van der Waals surface area contributed by atoms with E-state index in [0.717, 1.165) is 0 Å². The topological polar surface area (TPSA) is 154 Å². The van der Waals surface area contributed by atoms with Crippen LogP contribution in [0.3, 0.4) is 0 Å². The van der Waals surface area contributed by atoms with E-state index in [1.54, 1.807) is 24.3 Å². The van der Waals surface area contributed by atoms with E-state index in [1.807, 2.05) is 13.8 Å². The molecule has 2 rings (SSSR count). The zero-order valence-electron chi connectivity index (χ0n) is 18.6. The first-order valence-corrected chi connectivity index (χ1v) is 11.2. The maximum Gasteiger partial charge on any atom is 0.222 e. The lowest BCUT2D eigenvalue weighted by atomic mass is 10.1. The van der Waals surface area contributed by atoms with Crippen LogP contribution in [0.1, 0.15) is 26.3 Å². The number of rotatable bonds is 9. The molecule has 0 fully saturated rings. The SMILES string of the molecule is CO/C(N)=C/C=C(\N)c1cnc(NC(C)=O)cc1Nc1cc(OC(C)C)cc(S(C)=O)n1. The highest BCUT2D eigenvalue weighted by Gasteiger charge is 2.13. The average molecular weight is 461 g/mol.